The highest BCUT2D eigenvalue weighted by Crippen LogP contribution is 2.63. The lowest BCUT2D eigenvalue weighted by atomic mass is 10.1. The molecule has 5 atom stereocenters. The number of carbonyl (C=O) groups is 2. The number of carboxylic acids is 1. The number of Topliss-reactive ketones (excluding diaryl/α,β-unsaturated/α-hetero) is 1. The first-order valence-electron chi connectivity index (χ1n) is 3.64. The Morgan fingerprint density at radius 2 is 2.27 bits per heavy atom. The monoisotopic (exact) mass is 154 g/mol. The van der Waals surface area contributed by atoms with E-state index in [1.165, 1.54) is 0 Å². The molecule has 3 fully saturated rings. The molecule has 2 saturated carbocycles. The van der Waals surface area contributed by atoms with Gasteiger partial charge < -0.3 is 9.84 Å². The molecule has 0 bridgehead atoms. The van der Waals surface area contributed by atoms with Crippen molar-refractivity contribution in [3.63, 3.8) is 0 Å². The first kappa shape index (κ1) is 5.71. The average Bonchev–Trinajstić information content (AvgIpc) is 2.79. The van der Waals surface area contributed by atoms with Crippen molar-refractivity contribution in [2.45, 2.75) is 12.2 Å². The average molecular weight is 154 g/mol. The Morgan fingerprint density at radius 1 is 1.55 bits per heavy atom. The molecule has 0 aromatic rings. The molecule has 58 valence electrons. The predicted octanol–water partition coefficient (Wildman–Crippen LogP) is -0.717. The Kier molecular flexibility index (Phi) is 0.696. The predicted molar refractivity (Wildman–Crippen MR) is 31.8 cm³/mol. The van der Waals surface area contributed by atoms with Gasteiger partial charge >= 0.3 is 5.97 Å². The Labute approximate surface area is 62.1 Å². The minimum absolute atomic E-state index is 0.0185. The molecule has 0 aromatic carbocycles. The zero-order valence-corrected chi connectivity index (χ0v) is 5.56. The maximum absolute atomic E-state index is 11.1. The first-order valence-corrected chi connectivity index (χ1v) is 3.64. The third-order valence-corrected chi connectivity index (χ3v) is 2.87. The lowest BCUT2D eigenvalue weighted by molar-refractivity contribution is -0.140. The fourth-order valence-corrected chi connectivity index (χ4v) is 2.26. The van der Waals surface area contributed by atoms with Crippen molar-refractivity contribution in [3.05, 3.63) is 0 Å². The SMILES string of the molecule is O=C(O)[C@H]1[C@@H]2C(=O)[C@H]3O[C@H]3[C@H]12. The minimum Gasteiger partial charge on any atom is -0.481 e. The number of ether oxygens (including phenoxy) is 1. The van der Waals surface area contributed by atoms with E-state index in [4.69, 9.17) is 9.84 Å². The third-order valence-electron chi connectivity index (χ3n) is 2.87. The van der Waals surface area contributed by atoms with Crippen LogP contribution in [0.4, 0.5) is 0 Å². The second kappa shape index (κ2) is 1.34. The van der Waals surface area contributed by atoms with Crippen LogP contribution < -0.4 is 0 Å². The van der Waals surface area contributed by atoms with E-state index in [1.807, 2.05) is 0 Å². The summed E-state index contributed by atoms with van der Waals surface area (Å²) in [4.78, 5) is 21.6. The van der Waals surface area contributed by atoms with E-state index in [0.29, 0.717) is 0 Å². The van der Waals surface area contributed by atoms with E-state index in [9.17, 15) is 9.59 Å². The van der Waals surface area contributed by atoms with Crippen LogP contribution in [0.2, 0.25) is 0 Å². The molecule has 1 aliphatic heterocycles. The molecule has 2 aliphatic carbocycles. The van der Waals surface area contributed by atoms with Crippen LogP contribution >= 0.6 is 0 Å². The maximum Gasteiger partial charge on any atom is 0.307 e. The van der Waals surface area contributed by atoms with Gasteiger partial charge in [0.25, 0.3) is 0 Å². The lowest BCUT2D eigenvalue weighted by Gasteiger charge is -1.90. The molecule has 0 spiro atoms. The first-order chi connectivity index (χ1) is 5.22. The number of carboxylic acid groups (broad SMARTS) is 1. The van der Waals surface area contributed by atoms with Gasteiger partial charge in [-0.3, -0.25) is 9.59 Å². The molecular weight excluding hydrogens is 148 g/mol. The zero-order valence-electron chi connectivity index (χ0n) is 5.56. The molecule has 0 unspecified atom stereocenters. The van der Waals surface area contributed by atoms with E-state index < -0.39 is 11.9 Å². The number of hydrogen-bond acceptors (Lipinski definition) is 3. The highest BCUT2D eigenvalue weighted by Gasteiger charge is 2.77. The zero-order chi connectivity index (χ0) is 7.75. The molecular formula is C7H6O4. The van der Waals surface area contributed by atoms with Crippen LogP contribution in [0.1, 0.15) is 0 Å². The van der Waals surface area contributed by atoms with Crippen molar-refractivity contribution in [2.75, 3.05) is 0 Å². The van der Waals surface area contributed by atoms with Gasteiger partial charge in [0.15, 0.2) is 5.78 Å². The molecule has 11 heavy (non-hydrogen) atoms. The Morgan fingerprint density at radius 3 is 2.73 bits per heavy atom. The van der Waals surface area contributed by atoms with Gasteiger partial charge in [-0.15, -0.1) is 0 Å². The van der Waals surface area contributed by atoms with Gasteiger partial charge in [-0.1, -0.05) is 0 Å². The summed E-state index contributed by atoms with van der Waals surface area (Å²) in [5, 5.41) is 8.61. The van der Waals surface area contributed by atoms with Crippen LogP contribution in [0.25, 0.3) is 0 Å². The normalized spacial score (nSPS) is 56.7. The topological polar surface area (TPSA) is 66.9 Å². The molecule has 3 rings (SSSR count). The second-order valence-electron chi connectivity index (χ2n) is 3.39. The Bertz CT molecular complexity index is 268. The smallest absolute Gasteiger partial charge is 0.307 e. The number of carbonyl (C=O) groups excluding carboxylic acids is 1. The maximum atomic E-state index is 11.1. The van der Waals surface area contributed by atoms with E-state index in [-0.39, 0.29) is 29.8 Å². The molecule has 4 heteroatoms. The van der Waals surface area contributed by atoms with Crippen molar-refractivity contribution in [1.29, 1.82) is 0 Å². The molecule has 1 saturated heterocycles. The summed E-state index contributed by atoms with van der Waals surface area (Å²) < 4.78 is 4.99. The van der Waals surface area contributed by atoms with Gasteiger partial charge in [0.2, 0.25) is 0 Å². The van der Waals surface area contributed by atoms with Gasteiger partial charge in [-0.05, 0) is 0 Å². The molecule has 0 amide bonds. The fourth-order valence-electron chi connectivity index (χ4n) is 2.26. The van der Waals surface area contributed by atoms with Crippen LogP contribution in [0.3, 0.4) is 0 Å². The van der Waals surface area contributed by atoms with Crippen molar-refractivity contribution >= 4 is 11.8 Å². The van der Waals surface area contributed by atoms with Crippen molar-refractivity contribution in [1.82, 2.24) is 0 Å². The summed E-state index contributed by atoms with van der Waals surface area (Å²) in [6.07, 6.45) is -0.255. The standard InChI is InChI=1S/C7H6O4/c8-4-1-2(3(1)7(9)10)5-6(4)11-5/h1-3,5-6H,(H,9,10)/t1-,2+,3+,5+,6-/m1/s1. The van der Waals surface area contributed by atoms with Crippen LogP contribution in [-0.4, -0.2) is 29.1 Å². The lowest BCUT2D eigenvalue weighted by Crippen LogP contribution is -2.14. The number of aliphatic carboxylic acids is 1. The number of epoxide rings is 1. The number of fused-ring (bicyclic) bond motifs is 3. The molecule has 0 aromatic heterocycles. The van der Waals surface area contributed by atoms with Crippen LogP contribution in [0.5, 0.6) is 0 Å². The van der Waals surface area contributed by atoms with Gasteiger partial charge in [0.1, 0.15) is 6.10 Å². The van der Waals surface area contributed by atoms with Gasteiger partial charge in [0.05, 0.1) is 12.0 Å². The van der Waals surface area contributed by atoms with Gasteiger partial charge in [-0.2, -0.15) is 0 Å². The van der Waals surface area contributed by atoms with Gasteiger partial charge in [0, 0.05) is 11.8 Å². The summed E-state index contributed by atoms with van der Waals surface area (Å²) >= 11 is 0. The minimum atomic E-state index is -0.845. The summed E-state index contributed by atoms with van der Waals surface area (Å²) in [6, 6.07) is 0. The summed E-state index contributed by atoms with van der Waals surface area (Å²) in [6.45, 7) is 0. The molecule has 4 nitrogen and oxygen atoms in total. The highest BCUT2D eigenvalue weighted by atomic mass is 16.6. The summed E-state index contributed by atoms with van der Waals surface area (Å²) in [5.41, 5.74) is 0. The van der Waals surface area contributed by atoms with E-state index in [0.717, 1.165) is 0 Å². The molecule has 0 radical (unpaired) electrons. The number of ketones is 1. The number of rotatable bonds is 1. The van der Waals surface area contributed by atoms with Gasteiger partial charge in [-0.25, -0.2) is 0 Å². The summed E-state index contributed by atoms with van der Waals surface area (Å²) in [7, 11) is 0. The Balaban J connectivity index is 1.90. The Hall–Kier alpha value is -0.900. The second-order valence-corrected chi connectivity index (χ2v) is 3.39. The van der Waals surface area contributed by atoms with E-state index >= 15 is 0 Å². The van der Waals surface area contributed by atoms with Crippen molar-refractivity contribution < 1.29 is 19.4 Å². The van der Waals surface area contributed by atoms with Crippen molar-refractivity contribution in [2.24, 2.45) is 17.8 Å². The highest BCUT2D eigenvalue weighted by molar-refractivity contribution is 6.00. The fraction of sp³-hybridized carbons (Fsp3) is 0.714. The van der Waals surface area contributed by atoms with Crippen LogP contribution in [0, 0.1) is 17.8 Å². The largest absolute Gasteiger partial charge is 0.481 e. The van der Waals surface area contributed by atoms with Crippen LogP contribution in [-0.2, 0) is 14.3 Å². The van der Waals surface area contributed by atoms with E-state index in [2.05, 4.69) is 0 Å². The molecule has 1 N–H and O–H groups in total. The molecule has 1 heterocycles. The summed E-state index contributed by atoms with van der Waals surface area (Å²) in [5.74, 6) is -1.43. The van der Waals surface area contributed by atoms with E-state index in [1.54, 1.807) is 0 Å². The quantitative estimate of drug-likeness (QED) is 0.506. The van der Waals surface area contributed by atoms with Crippen LogP contribution in [0.15, 0.2) is 0 Å². The third kappa shape index (κ3) is 0.474. The molecule has 3 aliphatic rings. The number of hydrogen-bond donors (Lipinski definition) is 1. The van der Waals surface area contributed by atoms with Crippen molar-refractivity contribution in [3.8, 4) is 0 Å².